The van der Waals surface area contributed by atoms with Crippen molar-refractivity contribution in [3.05, 3.63) is 65.7 Å². The Balaban J connectivity index is 1.60. The van der Waals surface area contributed by atoms with E-state index in [2.05, 4.69) is 75.5 Å². The molecule has 0 spiro atoms. The molecule has 4 heteroatoms. The Kier molecular flexibility index (Phi) is 9.80. The molecule has 0 saturated carbocycles. The molecule has 1 saturated heterocycles. The van der Waals surface area contributed by atoms with Gasteiger partial charge in [0.1, 0.15) is 5.75 Å². The molecule has 0 bridgehead atoms. The molecule has 192 valence electrons. The van der Waals surface area contributed by atoms with Crippen LogP contribution in [0.5, 0.6) is 5.75 Å². The molecule has 1 fully saturated rings. The minimum absolute atomic E-state index is 0.0839. The van der Waals surface area contributed by atoms with E-state index < -0.39 is 0 Å². The highest BCUT2D eigenvalue weighted by molar-refractivity contribution is 5.76. The molecule has 3 rings (SSSR count). The van der Waals surface area contributed by atoms with Crippen LogP contribution in [0.2, 0.25) is 0 Å². The van der Waals surface area contributed by atoms with Crippen LogP contribution < -0.4 is 10.1 Å². The first kappa shape index (κ1) is 27.3. The summed E-state index contributed by atoms with van der Waals surface area (Å²) in [5.74, 6) is 2.55. The molecule has 1 heterocycles. The van der Waals surface area contributed by atoms with Crippen LogP contribution in [0.3, 0.4) is 0 Å². The average molecular weight is 480 g/mol. The predicted molar refractivity (Wildman–Crippen MR) is 144 cm³/mol. The van der Waals surface area contributed by atoms with Gasteiger partial charge in [-0.2, -0.15) is 0 Å². The smallest absolute Gasteiger partial charge is 0.220 e. The molecule has 35 heavy (non-hydrogen) atoms. The number of rotatable bonds is 11. The second-order valence-corrected chi connectivity index (χ2v) is 11.3. The van der Waals surface area contributed by atoms with Gasteiger partial charge in [-0.15, -0.1) is 0 Å². The first-order chi connectivity index (χ1) is 16.6. The molecule has 3 atom stereocenters. The van der Waals surface area contributed by atoms with Crippen molar-refractivity contribution in [2.45, 2.75) is 90.8 Å². The molecule has 2 aromatic rings. The van der Waals surface area contributed by atoms with Gasteiger partial charge in [0, 0.05) is 19.6 Å². The van der Waals surface area contributed by atoms with Gasteiger partial charge in [0.25, 0.3) is 0 Å². The zero-order valence-electron chi connectivity index (χ0n) is 22.6. The van der Waals surface area contributed by atoms with Crippen LogP contribution in [0.4, 0.5) is 0 Å². The Morgan fingerprint density at radius 3 is 2.31 bits per heavy atom. The van der Waals surface area contributed by atoms with E-state index in [0.717, 1.165) is 31.6 Å². The van der Waals surface area contributed by atoms with E-state index in [-0.39, 0.29) is 23.5 Å². The monoisotopic (exact) mass is 479 g/mol. The van der Waals surface area contributed by atoms with Crippen LogP contribution in [-0.2, 0) is 9.53 Å². The Morgan fingerprint density at radius 2 is 1.71 bits per heavy atom. The van der Waals surface area contributed by atoms with E-state index in [9.17, 15) is 4.79 Å². The predicted octanol–water partition coefficient (Wildman–Crippen LogP) is 7.10. The van der Waals surface area contributed by atoms with E-state index in [4.69, 9.17) is 9.47 Å². The van der Waals surface area contributed by atoms with Crippen molar-refractivity contribution in [3.8, 4) is 5.75 Å². The number of hydrogen-bond acceptors (Lipinski definition) is 3. The second kappa shape index (κ2) is 12.6. The molecule has 2 aromatic carbocycles. The summed E-state index contributed by atoms with van der Waals surface area (Å²) >= 11 is 0. The molecule has 0 aliphatic carbocycles. The largest absolute Gasteiger partial charge is 0.491 e. The fourth-order valence-electron chi connectivity index (χ4n) is 5.44. The molecular weight excluding hydrogens is 434 g/mol. The number of amides is 1. The number of carbonyl (C=O) groups is 1. The number of ether oxygens (including phenoxy) is 2. The van der Waals surface area contributed by atoms with E-state index in [0.29, 0.717) is 30.7 Å². The number of hydrogen-bond donors (Lipinski definition) is 1. The highest BCUT2D eigenvalue weighted by Gasteiger charge is 2.34. The van der Waals surface area contributed by atoms with Crippen LogP contribution >= 0.6 is 0 Å². The lowest BCUT2D eigenvalue weighted by atomic mass is 9.75. The highest BCUT2D eigenvalue weighted by Crippen LogP contribution is 2.39. The number of benzene rings is 2. The average Bonchev–Trinajstić information content (AvgIpc) is 2.80. The minimum atomic E-state index is -0.0839. The van der Waals surface area contributed by atoms with Crippen molar-refractivity contribution >= 4 is 5.91 Å². The molecular formula is C31H45NO3. The van der Waals surface area contributed by atoms with E-state index in [1.54, 1.807) is 0 Å². The zero-order valence-corrected chi connectivity index (χ0v) is 22.6. The molecule has 1 amide bonds. The van der Waals surface area contributed by atoms with Gasteiger partial charge >= 0.3 is 0 Å². The standard InChI is InChI=1S/C31H45NO3/c1-22(2)29(25-12-14-27(15-13-25)35-23(3)4)20-30(33)32-18-16-28(24-10-8-7-9-11-24)26-17-19-34-31(5,6)21-26/h7-15,22-23,26,28-29H,16-21H2,1-6H3,(H,32,33)/t26-,28+,29-/m1/s1. The first-order valence-corrected chi connectivity index (χ1v) is 13.4. The molecule has 0 radical (unpaired) electrons. The van der Waals surface area contributed by atoms with Gasteiger partial charge < -0.3 is 14.8 Å². The van der Waals surface area contributed by atoms with Crippen LogP contribution in [0.1, 0.15) is 90.2 Å². The summed E-state index contributed by atoms with van der Waals surface area (Å²) in [4.78, 5) is 13.0. The Morgan fingerprint density at radius 1 is 1.03 bits per heavy atom. The lowest BCUT2D eigenvalue weighted by Crippen LogP contribution is -2.37. The van der Waals surface area contributed by atoms with Crippen molar-refractivity contribution in [1.29, 1.82) is 0 Å². The maximum Gasteiger partial charge on any atom is 0.220 e. The molecule has 0 unspecified atom stereocenters. The maximum atomic E-state index is 13.0. The minimum Gasteiger partial charge on any atom is -0.491 e. The Labute approximate surface area is 212 Å². The van der Waals surface area contributed by atoms with Crippen LogP contribution in [-0.4, -0.2) is 30.8 Å². The van der Waals surface area contributed by atoms with E-state index >= 15 is 0 Å². The quantitative estimate of drug-likeness (QED) is 0.374. The van der Waals surface area contributed by atoms with Gasteiger partial charge in [0.15, 0.2) is 0 Å². The van der Waals surface area contributed by atoms with Gasteiger partial charge in [-0.3, -0.25) is 4.79 Å². The van der Waals surface area contributed by atoms with Crippen molar-refractivity contribution in [3.63, 3.8) is 0 Å². The third-order valence-corrected chi connectivity index (χ3v) is 7.20. The summed E-state index contributed by atoms with van der Waals surface area (Å²) in [7, 11) is 0. The summed E-state index contributed by atoms with van der Waals surface area (Å²) in [6, 6.07) is 19.0. The molecule has 0 aromatic heterocycles. The number of carbonyl (C=O) groups excluding carboxylic acids is 1. The number of nitrogens with one attached hydrogen (secondary N) is 1. The van der Waals surface area contributed by atoms with Gasteiger partial charge in [0.2, 0.25) is 5.91 Å². The van der Waals surface area contributed by atoms with Gasteiger partial charge in [-0.05, 0) is 93.9 Å². The summed E-state index contributed by atoms with van der Waals surface area (Å²) in [5.41, 5.74) is 2.48. The van der Waals surface area contributed by atoms with Crippen molar-refractivity contribution < 1.29 is 14.3 Å². The van der Waals surface area contributed by atoms with Crippen LogP contribution in [0, 0.1) is 11.8 Å². The van der Waals surface area contributed by atoms with E-state index in [1.165, 1.54) is 11.1 Å². The first-order valence-electron chi connectivity index (χ1n) is 13.4. The fourth-order valence-corrected chi connectivity index (χ4v) is 5.44. The second-order valence-electron chi connectivity index (χ2n) is 11.3. The summed E-state index contributed by atoms with van der Waals surface area (Å²) in [6.07, 6.45) is 3.72. The molecule has 4 nitrogen and oxygen atoms in total. The third kappa shape index (κ3) is 8.38. The molecule has 1 aliphatic heterocycles. The normalized spacial score (nSPS) is 19.4. The summed E-state index contributed by atoms with van der Waals surface area (Å²) in [5, 5.41) is 3.24. The highest BCUT2D eigenvalue weighted by atomic mass is 16.5. The van der Waals surface area contributed by atoms with Gasteiger partial charge in [0.05, 0.1) is 11.7 Å². The van der Waals surface area contributed by atoms with Crippen molar-refractivity contribution in [1.82, 2.24) is 5.32 Å². The third-order valence-electron chi connectivity index (χ3n) is 7.20. The van der Waals surface area contributed by atoms with Gasteiger partial charge in [-0.1, -0.05) is 56.3 Å². The van der Waals surface area contributed by atoms with Crippen LogP contribution in [0.25, 0.3) is 0 Å². The Bertz CT molecular complexity index is 905. The molecule has 1 N–H and O–H groups in total. The summed E-state index contributed by atoms with van der Waals surface area (Å²) in [6.45, 7) is 14.3. The zero-order chi connectivity index (χ0) is 25.4. The lowest BCUT2D eigenvalue weighted by molar-refractivity contribution is -0.121. The topological polar surface area (TPSA) is 47.6 Å². The molecule has 1 aliphatic rings. The SMILES string of the molecule is CC(C)Oc1ccc([C@H](CC(=O)NCC[C@@H](c2ccccc2)[C@@H]2CCOC(C)(C)C2)C(C)C)cc1. The van der Waals surface area contributed by atoms with Gasteiger partial charge in [-0.25, -0.2) is 0 Å². The summed E-state index contributed by atoms with van der Waals surface area (Å²) < 4.78 is 11.8. The maximum absolute atomic E-state index is 13.0. The lowest BCUT2D eigenvalue weighted by Gasteiger charge is -2.39. The fraction of sp³-hybridized carbons (Fsp3) is 0.581. The van der Waals surface area contributed by atoms with E-state index in [1.807, 2.05) is 26.0 Å². The van der Waals surface area contributed by atoms with Crippen molar-refractivity contribution in [2.75, 3.05) is 13.2 Å². The van der Waals surface area contributed by atoms with Crippen LogP contribution in [0.15, 0.2) is 54.6 Å². The Hall–Kier alpha value is -2.33. The van der Waals surface area contributed by atoms with Crippen molar-refractivity contribution in [2.24, 2.45) is 11.8 Å².